The van der Waals surface area contributed by atoms with Gasteiger partial charge in [0.25, 0.3) is 0 Å². The zero-order chi connectivity index (χ0) is 9.38. The fraction of sp³-hybridized carbons (Fsp3) is 0.400. The molecule has 2 aromatic heterocycles. The van der Waals surface area contributed by atoms with Crippen molar-refractivity contribution in [3.05, 3.63) is 24.0 Å². The fourth-order valence-corrected chi connectivity index (χ4v) is 2.12. The van der Waals surface area contributed by atoms with Gasteiger partial charge in [0, 0.05) is 29.9 Å². The molecule has 3 rings (SSSR count). The Balaban J connectivity index is 1.82. The maximum absolute atomic E-state index is 4.34. The molecule has 2 heterocycles. The predicted octanol–water partition coefficient (Wildman–Crippen LogP) is 2.42. The quantitative estimate of drug-likeness (QED) is 0.770. The molecule has 0 N–H and O–H groups in total. The Kier molecular flexibility index (Phi) is 1.87. The molecule has 0 saturated heterocycles. The van der Waals surface area contributed by atoms with Gasteiger partial charge in [-0.25, -0.2) is 4.98 Å². The van der Waals surface area contributed by atoms with Gasteiger partial charge < -0.3 is 0 Å². The molecule has 1 saturated carbocycles. The third-order valence-electron chi connectivity index (χ3n) is 2.45. The van der Waals surface area contributed by atoms with E-state index in [2.05, 4.69) is 16.3 Å². The zero-order valence-corrected chi connectivity index (χ0v) is 8.57. The summed E-state index contributed by atoms with van der Waals surface area (Å²) in [6, 6.07) is 0. The molecular weight excluding hydrogens is 194 g/mol. The van der Waals surface area contributed by atoms with Gasteiger partial charge >= 0.3 is 0 Å². The largest absolute Gasteiger partial charge is 0.272 e. The van der Waals surface area contributed by atoms with Gasteiger partial charge in [0.2, 0.25) is 0 Å². The van der Waals surface area contributed by atoms with Crippen molar-refractivity contribution in [2.75, 3.05) is 0 Å². The maximum Gasteiger partial charge on any atom is 0.126 e. The maximum atomic E-state index is 4.34. The summed E-state index contributed by atoms with van der Waals surface area (Å²) >= 11 is 1.66. The van der Waals surface area contributed by atoms with Gasteiger partial charge in [-0.05, 0) is 18.8 Å². The molecule has 2 aromatic rings. The normalized spacial score (nSPS) is 16.0. The van der Waals surface area contributed by atoms with E-state index in [1.165, 1.54) is 12.8 Å². The van der Waals surface area contributed by atoms with Gasteiger partial charge in [-0.15, -0.1) is 11.3 Å². The molecule has 0 spiro atoms. The average molecular weight is 205 g/mol. The molecule has 0 radical (unpaired) electrons. The highest BCUT2D eigenvalue weighted by Crippen LogP contribution is 2.31. The lowest BCUT2D eigenvalue weighted by Crippen LogP contribution is -1.98. The fourth-order valence-electron chi connectivity index (χ4n) is 1.50. The van der Waals surface area contributed by atoms with Crippen molar-refractivity contribution in [1.29, 1.82) is 0 Å². The molecule has 14 heavy (non-hydrogen) atoms. The van der Waals surface area contributed by atoms with Gasteiger partial charge in [0.05, 0.1) is 6.20 Å². The van der Waals surface area contributed by atoms with Crippen LogP contribution in [-0.4, -0.2) is 14.8 Å². The molecule has 72 valence electrons. The Hall–Kier alpha value is -1.16. The topological polar surface area (TPSA) is 30.7 Å². The molecule has 1 aliphatic carbocycles. The second-order valence-electron chi connectivity index (χ2n) is 3.73. The predicted molar refractivity (Wildman–Crippen MR) is 56.1 cm³/mol. The molecule has 0 aromatic carbocycles. The minimum atomic E-state index is 0.874. The minimum absolute atomic E-state index is 0.874. The van der Waals surface area contributed by atoms with Gasteiger partial charge in [0.15, 0.2) is 0 Å². The first-order valence-corrected chi connectivity index (χ1v) is 5.72. The summed E-state index contributed by atoms with van der Waals surface area (Å²) in [4.78, 5) is 4.26. The third kappa shape index (κ3) is 1.57. The summed E-state index contributed by atoms with van der Waals surface area (Å²) in [6.45, 7) is 1.07. The lowest BCUT2D eigenvalue weighted by atomic mass is 10.4. The molecule has 3 nitrogen and oxygen atoms in total. The van der Waals surface area contributed by atoms with Crippen LogP contribution in [0.1, 0.15) is 12.8 Å². The molecule has 1 fully saturated rings. The number of thiazole rings is 1. The van der Waals surface area contributed by atoms with Crippen LogP contribution < -0.4 is 0 Å². The molecular formula is C10H11N3S. The van der Waals surface area contributed by atoms with Gasteiger partial charge in [-0.2, -0.15) is 5.10 Å². The first kappa shape index (κ1) is 8.17. The van der Waals surface area contributed by atoms with Crippen LogP contribution in [0.4, 0.5) is 0 Å². The van der Waals surface area contributed by atoms with Crippen molar-refractivity contribution < 1.29 is 0 Å². The van der Waals surface area contributed by atoms with E-state index in [1.807, 2.05) is 22.5 Å². The summed E-state index contributed by atoms with van der Waals surface area (Å²) < 4.78 is 2.04. The second-order valence-corrected chi connectivity index (χ2v) is 4.63. The number of hydrogen-bond donors (Lipinski definition) is 0. The van der Waals surface area contributed by atoms with E-state index in [4.69, 9.17) is 0 Å². The number of rotatable bonds is 3. The van der Waals surface area contributed by atoms with Gasteiger partial charge in [-0.1, -0.05) is 0 Å². The Labute approximate surface area is 86.4 Å². The van der Waals surface area contributed by atoms with Crippen molar-refractivity contribution in [1.82, 2.24) is 14.8 Å². The van der Waals surface area contributed by atoms with Crippen molar-refractivity contribution in [3.8, 4) is 10.6 Å². The van der Waals surface area contributed by atoms with E-state index in [-0.39, 0.29) is 0 Å². The second kappa shape index (κ2) is 3.20. The van der Waals surface area contributed by atoms with E-state index in [1.54, 1.807) is 11.3 Å². The van der Waals surface area contributed by atoms with Crippen molar-refractivity contribution in [2.45, 2.75) is 19.4 Å². The Morgan fingerprint density at radius 2 is 2.43 bits per heavy atom. The SMILES string of the molecule is c1csc(-c2cnn(CC3CC3)c2)n1. The molecule has 0 bridgehead atoms. The summed E-state index contributed by atoms with van der Waals surface area (Å²) in [5.41, 5.74) is 1.14. The third-order valence-corrected chi connectivity index (χ3v) is 3.28. The minimum Gasteiger partial charge on any atom is -0.272 e. The molecule has 0 atom stereocenters. The first-order chi connectivity index (χ1) is 6.92. The van der Waals surface area contributed by atoms with Crippen LogP contribution in [0.25, 0.3) is 10.6 Å². The van der Waals surface area contributed by atoms with Crippen LogP contribution >= 0.6 is 11.3 Å². The van der Waals surface area contributed by atoms with Gasteiger partial charge in [0.1, 0.15) is 5.01 Å². The van der Waals surface area contributed by atoms with Crippen molar-refractivity contribution in [2.24, 2.45) is 5.92 Å². The Morgan fingerprint density at radius 1 is 1.50 bits per heavy atom. The lowest BCUT2D eigenvalue weighted by molar-refractivity contribution is 0.563. The lowest BCUT2D eigenvalue weighted by Gasteiger charge is -1.95. The van der Waals surface area contributed by atoms with Crippen LogP contribution in [0, 0.1) is 5.92 Å². The van der Waals surface area contributed by atoms with E-state index in [9.17, 15) is 0 Å². The first-order valence-electron chi connectivity index (χ1n) is 4.84. The summed E-state index contributed by atoms with van der Waals surface area (Å²) in [7, 11) is 0. The Morgan fingerprint density at radius 3 is 3.14 bits per heavy atom. The number of hydrogen-bond acceptors (Lipinski definition) is 3. The van der Waals surface area contributed by atoms with E-state index >= 15 is 0 Å². The van der Waals surface area contributed by atoms with Crippen LogP contribution in [0.2, 0.25) is 0 Å². The van der Waals surface area contributed by atoms with Crippen molar-refractivity contribution >= 4 is 11.3 Å². The summed E-state index contributed by atoms with van der Waals surface area (Å²) in [6.07, 6.45) is 8.56. The van der Waals surface area contributed by atoms with E-state index in [0.29, 0.717) is 0 Å². The smallest absolute Gasteiger partial charge is 0.126 e. The zero-order valence-electron chi connectivity index (χ0n) is 7.76. The number of nitrogens with zero attached hydrogens (tertiary/aromatic N) is 3. The molecule has 0 unspecified atom stereocenters. The standard InChI is InChI=1S/C10H11N3S/c1-2-8(1)6-13-7-9(5-12-13)10-11-3-4-14-10/h3-5,7-8H,1-2,6H2. The Bertz CT molecular complexity index is 414. The highest BCUT2D eigenvalue weighted by Gasteiger charge is 2.22. The number of aromatic nitrogens is 3. The molecule has 1 aliphatic rings. The molecule has 0 aliphatic heterocycles. The van der Waals surface area contributed by atoms with Crippen molar-refractivity contribution in [3.63, 3.8) is 0 Å². The average Bonchev–Trinajstić information content (AvgIpc) is 2.71. The molecule has 4 heteroatoms. The van der Waals surface area contributed by atoms with Crippen LogP contribution in [-0.2, 0) is 6.54 Å². The highest BCUT2D eigenvalue weighted by atomic mass is 32.1. The molecule has 0 amide bonds. The van der Waals surface area contributed by atoms with E-state index in [0.717, 1.165) is 23.0 Å². The van der Waals surface area contributed by atoms with Gasteiger partial charge in [-0.3, -0.25) is 4.68 Å². The highest BCUT2D eigenvalue weighted by molar-refractivity contribution is 7.13. The van der Waals surface area contributed by atoms with E-state index < -0.39 is 0 Å². The summed E-state index contributed by atoms with van der Waals surface area (Å²) in [5, 5.41) is 7.39. The van der Waals surface area contributed by atoms with Crippen LogP contribution in [0.15, 0.2) is 24.0 Å². The van der Waals surface area contributed by atoms with Crippen LogP contribution in [0.3, 0.4) is 0 Å². The van der Waals surface area contributed by atoms with Crippen LogP contribution in [0.5, 0.6) is 0 Å². The summed E-state index contributed by atoms with van der Waals surface area (Å²) in [5.74, 6) is 0.874. The monoisotopic (exact) mass is 205 g/mol.